The topological polar surface area (TPSA) is 66.4 Å². The van der Waals surface area contributed by atoms with Gasteiger partial charge < -0.3 is 10.4 Å². The van der Waals surface area contributed by atoms with Gasteiger partial charge in [-0.05, 0) is 30.9 Å². The Morgan fingerprint density at radius 3 is 2.57 bits per heavy atom. The zero-order valence-corrected chi connectivity index (χ0v) is 11.6. The number of halogens is 2. The summed E-state index contributed by atoms with van der Waals surface area (Å²) in [5.74, 6) is -4.32. The van der Waals surface area contributed by atoms with Crippen LogP contribution in [0.1, 0.15) is 26.2 Å². The number of carbonyl (C=O) groups is 2. The number of nitrogens with one attached hydrogen (secondary N) is 1. The molecule has 1 fully saturated rings. The number of hydrogen-bond donors (Lipinski definition) is 2. The number of aliphatic carboxylic acids is 1. The summed E-state index contributed by atoms with van der Waals surface area (Å²) < 4.78 is 26.6. The van der Waals surface area contributed by atoms with Gasteiger partial charge in [-0.15, -0.1) is 0 Å². The Morgan fingerprint density at radius 2 is 1.95 bits per heavy atom. The Balaban J connectivity index is 2.15. The van der Waals surface area contributed by atoms with Crippen molar-refractivity contribution >= 4 is 17.6 Å². The summed E-state index contributed by atoms with van der Waals surface area (Å²) in [7, 11) is 0. The van der Waals surface area contributed by atoms with Gasteiger partial charge in [-0.3, -0.25) is 9.59 Å². The van der Waals surface area contributed by atoms with E-state index < -0.39 is 35.3 Å². The van der Waals surface area contributed by atoms with E-state index in [2.05, 4.69) is 5.32 Å². The van der Waals surface area contributed by atoms with Gasteiger partial charge in [0, 0.05) is 6.07 Å². The summed E-state index contributed by atoms with van der Waals surface area (Å²) in [5.41, 5.74) is -0.260. The maximum Gasteiger partial charge on any atom is 0.307 e. The van der Waals surface area contributed by atoms with Gasteiger partial charge in [-0.1, -0.05) is 13.3 Å². The number of rotatable bonds is 4. The maximum absolute atomic E-state index is 13.5. The Bertz CT molecular complexity index is 562. The van der Waals surface area contributed by atoms with Gasteiger partial charge in [-0.25, -0.2) is 8.78 Å². The van der Waals surface area contributed by atoms with Crippen LogP contribution in [0.3, 0.4) is 0 Å². The molecule has 114 valence electrons. The molecule has 6 heteroatoms. The minimum absolute atomic E-state index is 0.166. The maximum atomic E-state index is 13.5. The first-order valence-electron chi connectivity index (χ1n) is 6.91. The average molecular weight is 297 g/mol. The highest BCUT2D eigenvalue weighted by Gasteiger charge is 2.42. The number of amides is 1. The monoisotopic (exact) mass is 297 g/mol. The van der Waals surface area contributed by atoms with E-state index in [0.29, 0.717) is 12.8 Å². The van der Waals surface area contributed by atoms with Crippen molar-refractivity contribution in [3.8, 4) is 0 Å². The summed E-state index contributed by atoms with van der Waals surface area (Å²) >= 11 is 0. The third kappa shape index (κ3) is 3.37. The Labute approximate surface area is 121 Å². The predicted molar refractivity (Wildman–Crippen MR) is 72.6 cm³/mol. The van der Waals surface area contributed by atoms with Gasteiger partial charge in [0.05, 0.1) is 17.5 Å². The van der Waals surface area contributed by atoms with Crippen LogP contribution in [0.4, 0.5) is 14.5 Å². The number of carboxylic acid groups (broad SMARTS) is 1. The number of carboxylic acids is 1. The molecule has 4 nitrogen and oxygen atoms in total. The van der Waals surface area contributed by atoms with Gasteiger partial charge >= 0.3 is 5.97 Å². The van der Waals surface area contributed by atoms with Crippen molar-refractivity contribution in [2.45, 2.75) is 26.2 Å². The molecule has 0 saturated heterocycles. The van der Waals surface area contributed by atoms with Crippen molar-refractivity contribution in [1.29, 1.82) is 0 Å². The molecule has 2 N–H and O–H groups in total. The standard InChI is InChI=1S/C15H17F2NO3/c1-2-8-5-10(11(6-8)15(20)21)14(19)18-13-7-9(16)3-4-12(13)17/h3-4,7-8,10-11H,2,5-6H2,1H3,(H,18,19)(H,20,21). The molecule has 1 aromatic carbocycles. The van der Waals surface area contributed by atoms with Crippen LogP contribution in [-0.4, -0.2) is 17.0 Å². The van der Waals surface area contributed by atoms with Gasteiger partial charge in [0.1, 0.15) is 11.6 Å². The van der Waals surface area contributed by atoms with E-state index in [-0.39, 0.29) is 11.6 Å². The van der Waals surface area contributed by atoms with Crippen LogP contribution < -0.4 is 5.32 Å². The molecule has 0 bridgehead atoms. The van der Waals surface area contributed by atoms with E-state index in [0.717, 1.165) is 24.6 Å². The number of hydrogen-bond acceptors (Lipinski definition) is 2. The molecule has 21 heavy (non-hydrogen) atoms. The first-order valence-corrected chi connectivity index (χ1v) is 6.91. The van der Waals surface area contributed by atoms with Crippen LogP contribution in [0.5, 0.6) is 0 Å². The van der Waals surface area contributed by atoms with Gasteiger partial charge in [0.2, 0.25) is 5.91 Å². The van der Waals surface area contributed by atoms with Crippen LogP contribution in [-0.2, 0) is 9.59 Å². The van der Waals surface area contributed by atoms with Crippen molar-refractivity contribution in [2.24, 2.45) is 17.8 Å². The van der Waals surface area contributed by atoms with Crippen LogP contribution in [0.15, 0.2) is 18.2 Å². The number of benzene rings is 1. The molecule has 0 radical (unpaired) electrons. The fourth-order valence-electron chi connectivity index (χ4n) is 2.86. The lowest BCUT2D eigenvalue weighted by Crippen LogP contribution is -2.30. The molecule has 2 rings (SSSR count). The first kappa shape index (κ1) is 15.4. The third-order valence-corrected chi connectivity index (χ3v) is 4.08. The number of anilines is 1. The molecule has 0 aliphatic heterocycles. The second-order valence-electron chi connectivity index (χ2n) is 5.41. The SMILES string of the molecule is CCC1CC(C(=O)O)C(C(=O)Nc2cc(F)ccc2F)C1. The van der Waals surface area contributed by atoms with E-state index in [9.17, 15) is 23.5 Å². The summed E-state index contributed by atoms with van der Waals surface area (Å²) in [6, 6.07) is 2.76. The summed E-state index contributed by atoms with van der Waals surface area (Å²) in [5, 5.41) is 11.5. The van der Waals surface area contributed by atoms with E-state index in [1.165, 1.54) is 0 Å². The third-order valence-electron chi connectivity index (χ3n) is 4.08. The van der Waals surface area contributed by atoms with E-state index >= 15 is 0 Å². The molecular formula is C15H17F2NO3. The zero-order valence-electron chi connectivity index (χ0n) is 11.6. The Hall–Kier alpha value is -1.98. The number of carbonyl (C=O) groups excluding carboxylic acids is 1. The molecule has 1 saturated carbocycles. The molecule has 3 unspecified atom stereocenters. The smallest absolute Gasteiger partial charge is 0.307 e. The van der Waals surface area contributed by atoms with Crippen LogP contribution in [0.2, 0.25) is 0 Å². The average Bonchev–Trinajstić information content (AvgIpc) is 2.87. The fourth-order valence-corrected chi connectivity index (χ4v) is 2.86. The lowest BCUT2D eigenvalue weighted by atomic mass is 9.95. The lowest BCUT2D eigenvalue weighted by Gasteiger charge is -2.15. The molecule has 1 amide bonds. The molecule has 1 aliphatic carbocycles. The Kier molecular flexibility index (Phi) is 4.55. The fraction of sp³-hybridized carbons (Fsp3) is 0.467. The molecular weight excluding hydrogens is 280 g/mol. The van der Waals surface area contributed by atoms with Gasteiger partial charge in [0.25, 0.3) is 0 Å². The normalized spacial score (nSPS) is 24.8. The molecule has 1 aromatic rings. The molecule has 3 atom stereocenters. The zero-order chi connectivity index (χ0) is 15.6. The lowest BCUT2D eigenvalue weighted by molar-refractivity contribution is -0.145. The molecule has 0 heterocycles. The Morgan fingerprint density at radius 1 is 1.29 bits per heavy atom. The minimum atomic E-state index is -1.02. The predicted octanol–water partition coefficient (Wildman–Crippen LogP) is 3.04. The largest absolute Gasteiger partial charge is 0.481 e. The second kappa shape index (κ2) is 6.20. The van der Waals surface area contributed by atoms with Gasteiger partial charge in [-0.2, -0.15) is 0 Å². The van der Waals surface area contributed by atoms with Gasteiger partial charge in [0.15, 0.2) is 0 Å². The van der Waals surface area contributed by atoms with Crippen LogP contribution >= 0.6 is 0 Å². The van der Waals surface area contributed by atoms with Crippen LogP contribution in [0, 0.1) is 29.4 Å². The summed E-state index contributed by atoms with van der Waals surface area (Å²) in [4.78, 5) is 23.4. The summed E-state index contributed by atoms with van der Waals surface area (Å²) in [6.07, 6.45) is 1.69. The highest BCUT2D eigenvalue weighted by atomic mass is 19.1. The van der Waals surface area contributed by atoms with Crippen molar-refractivity contribution in [3.05, 3.63) is 29.8 Å². The quantitative estimate of drug-likeness (QED) is 0.897. The van der Waals surface area contributed by atoms with E-state index in [4.69, 9.17) is 0 Å². The first-order chi connectivity index (χ1) is 9.92. The molecule has 0 spiro atoms. The minimum Gasteiger partial charge on any atom is -0.481 e. The summed E-state index contributed by atoms with van der Waals surface area (Å²) in [6.45, 7) is 1.94. The van der Waals surface area contributed by atoms with Crippen molar-refractivity contribution in [2.75, 3.05) is 5.32 Å². The second-order valence-corrected chi connectivity index (χ2v) is 5.41. The molecule has 0 aromatic heterocycles. The van der Waals surface area contributed by atoms with Crippen molar-refractivity contribution in [3.63, 3.8) is 0 Å². The van der Waals surface area contributed by atoms with E-state index in [1.54, 1.807) is 0 Å². The highest BCUT2D eigenvalue weighted by molar-refractivity contribution is 5.95. The molecule has 1 aliphatic rings. The highest BCUT2D eigenvalue weighted by Crippen LogP contribution is 2.39. The van der Waals surface area contributed by atoms with E-state index in [1.807, 2.05) is 6.92 Å². The van der Waals surface area contributed by atoms with Crippen LogP contribution in [0.25, 0.3) is 0 Å². The van der Waals surface area contributed by atoms with Crippen molar-refractivity contribution in [1.82, 2.24) is 0 Å². The van der Waals surface area contributed by atoms with Crippen molar-refractivity contribution < 1.29 is 23.5 Å².